The number of nitrogens with one attached hydrogen (secondary N) is 1. The summed E-state index contributed by atoms with van der Waals surface area (Å²) < 4.78 is 16.6. The summed E-state index contributed by atoms with van der Waals surface area (Å²) in [5, 5.41) is 12.8. The minimum Gasteiger partial charge on any atom is -0.496 e. The normalized spacial score (nSPS) is 13.8. The second-order valence-electron chi connectivity index (χ2n) is 8.77. The second-order valence-corrected chi connectivity index (χ2v) is 11.3. The number of aromatic carboxylic acids is 1. The zero-order chi connectivity index (χ0) is 30.6. The highest BCUT2D eigenvalue weighted by Gasteiger charge is 2.32. The first-order valence-corrected chi connectivity index (χ1v) is 14.2. The van der Waals surface area contributed by atoms with E-state index in [1.807, 2.05) is 0 Å². The van der Waals surface area contributed by atoms with E-state index >= 15 is 0 Å². The molecular formula is C29H24Cl2N2O7S2. The first-order valence-electron chi connectivity index (χ1n) is 12.2. The minimum atomic E-state index is -1.12. The van der Waals surface area contributed by atoms with Gasteiger partial charge in [0.1, 0.15) is 21.6 Å². The summed E-state index contributed by atoms with van der Waals surface area (Å²) in [5.41, 5.74) is 2.20. The molecule has 1 saturated heterocycles. The highest BCUT2D eigenvalue weighted by atomic mass is 35.5. The van der Waals surface area contributed by atoms with Crippen LogP contribution in [0.15, 0.2) is 53.4 Å². The Morgan fingerprint density at radius 2 is 1.69 bits per heavy atom. The standard InChI is InChI=1S/C29H24Cl2N2O7S2/c1-38-22-14-23(39-2)19(18-13-17(30)5-6-20(18)31)10-16(22)12-25-27(35)33(29(41)42-25)9-8-26(34)32-21-7-4-15(28(36)37)11-24(21)40-3/h4-7,10-14H,8-9H2,1-3H3,(H,32,34)(H,36,37)/b25-12-. The van der Waals surface area contributed by atoms with E-state index in [1.165, 1.54) is 44.4 Å². The summed E-state index contributed by atoms with van der Waals surface area (Å²) in [6, 6.07) is 12.7. The molecule has 0 atom stereocenters. The average molecular weight is 648 g/mol. The molecule has 1 heterocycles. The van der Waals surface area contributed by atoms with Crippen LogP contribution < -0.4 is 19.5 Å². The van der Waals surface area contributed by atoms with Gasteiger partial charge in [0.15, 0.2) is 0 Å². The number of rotatable bonds is 10. The van der Waals surface area contributed by atoms with E-state index in [2.05, 4.69) is 5.32 Å². The topological polar surface area (TPSA) is 114 Å². The maximum absolute atomic E-state index is 13.3. The monoisotopic (exact) mass is 646 g/mol. The Bertz CT molecular complexity index is 1630. The number of carbonyl (C=O) groups is 3. The number of hydrogen-bond donors (Lipinski definition) is 2. The number of amides is 2. The Hall–Kier alpha value is -3.77. The van der Waals surface area contributed by atoms with Crippen molar-refractivity contribution in [3.63, 3.8) is 0 Å². The summed E-state index contributed by atoms with van der Waals surface area (Å²) in [6.07, 6.45) is 1.60. The number of thioether (sulfide) groups is 1. The van der Waals surface area contributed by atoms with E-state index in [4.69, 9.17) is 54.7 Å². The van der Waals surface area contributed by atoms with Gasteiger partial charge in [0.25, 0.3) is 5.91 Å². The van der Waals surface area contributed by atoms with E-state index in [1.54, 1.807) is 36.4 Å². The van der Waals surface area contributed by atoms with E-state index in [9.17, 15) is 14.4 Å². The minimum absolute atomic E-state index is 0.0190. The number of carbonyl (C=O) groups excluding carboxylic acids is 2. The second kappa shape index (κ2) is 13.5. The van der Waals surface area contributed by atoms with Crippen LogP contribution in [0.3, 0.4) is 0 Å². The SMILES string of the molecule is COc1cc(OC)c(-c2cc(Cl)ccc2Cl)cc1/C=C1\SC(=S)N(CCC(=O)Nc2ccc(C(=O)O)cc2OC)C1=O. The zero-order valence-corrected chi connectivity index (χ0v) is 25.7. The van der Waals surface area contributed by atoms with E-state index in [-0.39, 0.29) is 30.2 Å². The number of carboxylic acids is 1. The number of anilines is 1. The van der Waals surface area contributed by atoms with Crippen LogP contribution in [0.5, 0.6) is 17.2 Å². The van der Waals surface area contributed by atoms with Crippen LogP contribution >= 0.6 is 47.2 Å². The van der Waals surface area contributed by atoms with Gasteiger partial charge in [-0.25, -0.2) is 4.79 Å². The van der Waals surface area contributed by atoms with Crippen LogP contribution in [0.2, 0.25) is 10.0 Å². The van der Waals surface area contributed by atoms with Crippen LogP contribution in [-0.4, -0.2) is 60.0 Å². The molecular weight excluding hydrogens is 623 g/mol. The smallest absolute Gasteiger partial charge is 0.335 e. The Balaban J connectivity index is 1.54. The van der Waals surface area contributed by atoms with Crippen molar-refractivity contribution in [2.24, 2.45) is 0 Å². The third-order valence-electron chi connectivity index (χ3n) is 6.22. The largest absolute Gasteiger partial charge is 0.496 e. The first kappa shape index (κ1) is 31.2. The molecule has 3 aromatic rings. The number of benzene rings is 3. The van der Waals surface area contributed by atoms with Gasteiger partial charge in [-0.15, -0.1) is 0 Å². The van der Waals surface area contributed by atoms with Gasteiger partial charge in [0.2, 0.25) is 5.91 Å². The molecule has 1 fully saturated rings. The molecule has 9 nitrogen and oxygen atoms in total. The molecule has 1 aliphatic heterocycles. The fourth-order valence-corrected chi connectivity index (χ4v) is 5.83. The number of carboxylic acid groups (broad SMARTS) is 1. The fourth-order valence-electron chi connectivity index (χ4n) is 4.14. The van der Waals surface area contributed by atoms with Crippen molar-refractivity contribution in [2.45, 2.75) is 6.42 Å². The molecule has 2 N–H and O–H groups in total. The maximum Gasteiger partial charge on any atom is 0.335 e. The molecule has 42 heavy (non-hydrogen) atoms. The van der Waals surface area contributed by atoms with Crippen molar-refractivity contribution in [3.8, 4) is 28.4 Å². The molecule has 3 aromatic carbocycles. The molecule has 0 radical (unpaired) electrons. The molecule has 0 spiro atoms. The molecule has 0 saturated carbocycles. The lowest BCUT2D eigenvalue weighted by molar-refractivity contribution is -0.122. The summed E-state index contributed by atoms with van der Waals surface area (Å²) in [6.45, 7) is 0.0342. The highest BCUT2D eigenvalue weighted by molar-refractivity contribution is 8.26. The van der Waals surface area contributed by atoms with Gasteiger partial charge in [-0.1, -0.05) is 47.2 Å². The number of methoxy groups -OCH3 is 3. The quantitative estimate of drug-likeness (QED) is 0.185. The lowest BCUT2D eigenvalue weighted by Crippen LogP contribution is -2.31. The Morgan fingerprint density at radius 1 is 0.976 bits per heavy atom. The van der Waals surface area contributed by atoms with Gasteiger partial charge >= 0.3 is 5.97 Å². The lowest BCUT2D eigenvalue weighted by Gasteiger charge is -2.16. The Labute approximate surface area is 261 Å². The molecule has 1 aliphatic rings. The summed E-state index contributed by atoms with van der Waals surface area (Å²) >= 11 is 19.2. The number of halogens is 2. The van der Waals surface area contributed by atoms with E-state index < -0.39 is 11.9 Å². The van der Waals surface area contributed by atoms with E-state index in [0.717, 1.165) is 11.8 Å². The third kappa shape index (κ3) is 6.81. The van der Waals surface area contributed by atoms with Gasteiger partial charge in [-0.05, 0) is 48.5 Å². The summed E-state index contributed by atoms with van der Waals surface area (Å²) in [5.74, 6) is -0.730. The molecule has 0 aliphatic carbocycles. The van der Waals surface area contributed by atoms with Crippen LogP contribution in [0, 0.1) is 0 Å². The van der Waals surface area contributed by atoms with Crippen LogP contribution in [0.1, 0.15) is 22.3 Å². The predicted octanol–water partition coefficient (Wildman–Crippen LogP) is 6.61. The number of nitrogens with zero attached hydrogens (tertiary/aromatic N) is 1. The number of hydrogen-bond acceptors (Lipinski definition) is 8. The molecule has 0 unspecified atom stereocenters. The van der Waals surface area contributed by atoms with Crippen LogP contribution in [0.4, 0.5) is 5.69 Å². The average Bonchev–Trinajstić information content (AvgIpc) is 3.24. The van der Waals surface area contributed by atoms with Gasteiger partial charge < -0.3 is 24.6 Å². The van der Waals surface area contributed by atoms with Gasteiger partial charge in [-0.2, -0.15) is 0 Å². The van der Waals surface area contributed by atoms with Crippen molar-refractivity contribution in [3.05, 3.63) is 74.6 Å². The molecule has 0 bridgehead atoms. The number of ether oxygens (including phenoxy) is 3. The van der Waals surface area contributed by atoms with Gasteiger partial charge in [0.05, 0.1) is 37.5 Å². The molecule has 0 aromatic heterocycles. The molecule has 218 valence electrons. The summed E-state index contributed by atoms with van der Waals surface area (Å²) in [4.78, 5) is 38.9. The van der Waals surface area contributed by atoms with Crippen molar-refractivity contribution >= 4 is 81.0 Å². The third-order valence-corrected chi connectivity index (χ3v) is 8.16. The molecule has 2 amide bonds. The Morgan fingerprint density at radius 3 is 2.36 bits per heavy atom. The zero-order valence-electron chi connectivity index (χ0n) is 22.5. The van der Waals surface area contributed by atoms with Crippen LogP contribution in [0.25, 0.3) is 17.2 Å². The highest BCUT2D eigenvalue weighted by Crippen LogP contribution is 2.42. The first-order chi connectivity index (χ1) is 20.1. The Kier molecular flexibility index (Phi) is 10.00. The van der Waals surface area contributed by atoms with E-state index in [0.29, 0.717) is 53.1 Å². The molecule has 13 heteroatoms. The van der Waals surface area contributed by atoms with Gasteiger partial charge in [0, 0.05) is 45.8 Å². The maximum atomic E-state index is 13.3. The van der Waals surface area contributed by atoms with Crippen molar-refractivity contribution < 1.29 is 33.7 Å². The van der Waals surface area contributed by atoms with Crippen molar-refractivity contribution in [2.75, 3.05) is 33.2 Å². The summed E-state index contributed by atoms with van der Waals surface area (Å²) in [7, 11) is 4.40. The molecule has 4 rings (SSSR count). The lowest BCUT2D eigenvalue weighted by atomic mass is 10.0. The van der Waals surface area contributed by atoms with Crippen molar-refractivity contribution in [1.82, 2.24) is 4.90 Å². The number of thiocarbonyl (C=S) groups is 1. The fraction of sp³-hybridized carbons (Fsp3) is 0.172. The van der Waals surface area contributed by atoms with Crippen molar-refractivity contribution in [1.29, 1.82) is 0 Å². The van der Waals surface area contributed by atoms with Crippen LogP contribution in [-0.2, 0) is 9.59 Å². The van der Waals surface area contributed by atoms with Gasteiger partial charge in [-0.3, -0.25) is 14.5 Å². The predicted molar refractivity (Wildman–Crippen MR) is 168 cm³/mol.